The van der Waals surface area contributed by atoms with Crippen molar-refractivity contribution in [2.24, 2.45) is 0 Å². The van der Waals surface area contributed by atoms with Crippen LogP contribution in [0, 0.1) is 13.8 Å². The lowest BCUT2D eigenvalue weighted by Gasteiger charge is -2.22. The minimum absolute atomic E-state index is 0.0391. The van der Waals surface area contributed by atoms with Crippen molar-refractivity contribution < 1.29 is 9.59 Å². The van der Waals surface area contributed by atoms with E-state index in [1.807, 2.05) is 56.3 Å². The standard InChI is InChI=1S/C22H28N2O2/c1-15(2)19-8-10-21(11-9-19)24(18(5)25)13-12-23-22(26)20-7-6-16(3)17(4)14-20/h6-11,14-15H,12-13H2,1-5H3,(H,23,26). The van der Waals surface area contributed by atoms with Crippen LogP contribution < -0.4 is 10.2 Å². The lowest BCUT2D eigenvalue weighted by atomic mass is 10.0. The molecular formula is C22H28N2O2. The number of aryl methyl sites for hydroxylation is 2. The van der Waals surface area contributed by atoms with Gasteiger partial charge in [0, 0.05) is 31.3 Å². The smallest absolute Gasteiger partial charge is 0.251 e. The number of rotatable bonds is 6. The molecule has 0 saturated carbocycles. The van der Waals surface area contributed by atoms with Crippen molar-refractivity contribution in [2.75, 3.05) is 18.0 Å². The molecule has 0 atom stereocenters. The first-order valence-electron chi connectivity index (χ1n) is 9.03. The summed E-state index contributed by atoms with van der Waals surface area (Å²) in [5, 5.41) is 2.90. The molecule has 0 saturated heterocycles. The molecule has 0 unspecified atom stereocenters. The van der Waals surface area contributed by atoms with Gasteiger partial charge in [-0.25, -0.2) is 0 Å². The summed E-state index contributed by atoms with van der Waals surface area (Å²) >= 11 is 0. The number of nitrogens with zero attached hydrogens (tertiary/aromatic N) is 1. The van der Waals surface area contributed by atoms with Crippen LogP contribution in [0.25, 0.3) is 0 Å². The van der Waals surface area contributed by atoms with E-state index in [1.54, 1.807) is 11.8 Å². The predicted octanol–water partition coefficient (Wildman–Crippen LogP) is 4.21. The molecule has 0 aliphatic carbocycles. The third kappa shape index (κ3) is 4.94. The van der Waals surface area contributed by atoms with Crippen LogP contribution in [-0.2, 0) is 4.79 Å². The first kappa shape index (κ1) is 19.7. The zero-order valence-electron chi connectivity index (χ0n) is 16.3. The molecule has 0 aliphatic rings. The Balaban J connectivity index is 1.99. The van der Waals surface area contributed by atoms with Gasteiger partial charge in [0.25, 0.3) is 5.91 Å². The normalized spacial score (nSPS) is 10.7. The quantitative estimate of drug-likeness (QED) is 0.846. The highest BCUT2D eigenvalue weighted by Gasteiger charge is 2.13. The summed E-state index contributed by atoms with van der Waals surface area (Å²) in [5.74, 6) is 0.293. The Hall–Kier alpha value is -2.62. The van der Waals surface area contributed by atoms with Crippen LogP contribution in [0.2, 0.25) is 0 Å². The van der Waals surface area contributed by atoms with Crippen molar-refractivity contribution in [3.8, 4) is 0 Å². The summed E-state index contributed by atoms with van der Waals surface area (Å²) in [7, 11) is 0. The summed E-state index contributed by atoms with van der Waals surface area (Å²) in [5.41, 5.74) is 4.98. The highest BCUT2D eigenvalue weighted by molar-refractivity contribution is 5.95. The lowest BCUT2D eigenvalue weighted by Crippen LogP contribution is -2.37. The largest absolute Gasteiger partial charge is 0.350 e. The van der Waals surface area contributed by atoms with Gasteiger partial charge in [0.15, 0.2) is 0 Å². The number of nitrogens with one attached hydrogen (secondary N) is 1. The maximum atomic E-state index is 12.3. The summed E-state index contributed by atoms with van der Waals surface area (Å²) in [4.78, 5) is 26.0. The molecule has 0 radical (unpaired) electrons. The maximum Gasteiger partial charge on any atom is 0.251 e. The van der Waals surface area contributed by atoms with Crippen LogP contribution in [-0.4, -0.2) is 24.9 Å². The fourth-order valence-electron chi connectivity index (χ4n) is 2.77. The summed E-state index contributed by atoms with van der Waals surface area (Å²) < 4.78 is 0. The van der Waals surface area contributed by atoms with Gasteiger partial charge in [-0.3, -0.25) is 9.59 Å². The van der Waals surface area contributed by atoms with E-state index in [-0.39, 0.29) is 11.8 Å². The van der Waals surface area contributed by atoms with Crippen molar-refractivity contribution in [1.29, 1.82) is 0 Å². The molecule has 2 rings (SSSR count). The van der Waals surface area contributed by atoms with Crippen molar-refractivity contribution in [3.05, 3.63) is 64.7 Å². The van der Waals surface area contributed by atoms with Gasteiger partial charge in [-0.15, -0.1) is 0 Å². The number of amides is 2. The molecule has 0 aromatic heterocycles. The van der Waals surface area contributed by atoms with Crippen molar-refractivity contribution in [1.82, 2.24) is 5.32 Å². The molecule has 0 aliphatic heterocycles. The third-order valence-corrected chi connectivity index (χ3v) is 4.64. The van der Waals surface area contributed by atoms with Gasteiger partial charge < -0.3 is 10.2 Å². The number of anilines is 1. The molecule has 0 bridgehead atoms. The Labute approximate surface area is 156 Å². The van der Waals surface area contributed by atoms with Gasteiger partial charge in [0.05, 0.1) is 0 Å². The summed E-state index contributed by atoms with van der Waals surface area (Å²) in [6.07, 6.45) is 0. The topological polar surface area (TPSA) is 49.4 Å². The molecule has 0 fully saturated rings. The molecule has 2 aromatic carbocycles. The Morgan fingerprint density at radius 2 is 1.65 bits per heavy atom. The Bertz CT molecular complexity index is 779. The molecule has 26 heavy (non-hydrogen) atoms. The van der Waals surface area contributed by atoms with Crippen LogP contribution in [0.3, 0.4) is 0 Å². The van der Waals surface area contributed by atoms with E-state index in [9.17, 15) is 9.59 Å². The third-order valence-electron chi connectivity index (χ3n) is 4.64. The SMILES string of the molecule is CC(=O)N(CCNC(=O)c1ccc(C)c(C)c1)c1ccc(C(C)C)cc1. The Morgan fingerprint density at radius 3 is 2.19 bits per heavy atom. The van der Waals surface area contributed by atoms with Gasteiger partial charge in [-0.1, -0.05) is 32.0 Å². The molecule has 2 aromatic rings. The molecule has 1 N–H and O–H groups in total. The van der Waals surface area contributed by atoms with Gasteiger partial charge in [-0.05, 0) is 60.7 Å². The monoisotopic (exact) mass is 352 g/mol. The second-order valence-electron chi connectivity index (χ2n) is 6.97. The molecule has 4 nitrogen and oxygen atoms in total. The zero-order chi connectivity index (χ0) is 19.3. The van der Waals surface area contributed by atoms with E-state index in [0.29, 0.717) is 24.6 Å². The maximum absolute atomic E-state index is 12.3. The van der Waals surface area contributed by atoms with Crippen LogP contribution in [0.5, 0.6) is 0 Å². The Kier molecular flexibility index (Phi) is 6.56. The van der Waals surface area contributed by atoms with Crippen molar-refractivity contribution in [2.45, 2.75) is 40.5 Å². The first-order valence-corrected chi connectivity index (χ1v) is 9.03. The fraction of sp³-hybridized carbons (Fsp3) is 0.364. The van der Waals surface area contributed by atoms with E-state index in [2.05, 4.69) is 19.2 Å². The summed E-state index contributed by atoms with van der Waals surface area (Å²) in [6, 6.07) is 13.7. The average Bonchev–Trinajstić information content (AvgIpc) is 2.60. The van der Waals surface area contributed by atoms with Crippen LogP contribution in [0.4, 0.5) is 5.69 Å². The number of hydrogen-bond donors (Lipinski definition) is 1. The minimum atomic E-state index is -0.119. The van der Waals surface area contributed by atoms with Gasteiger partial charge >= 0.3 is 0 Å². The van der Waals surface area contributed by atoms with Crippen molar-refractivity contribution >= 4 is 17.5 Å². The van der Waals surface area contributed by atoms with Gasteiger partial charge in [0.2, 0.25) is 5.91 Å². The zero-order valence-corrected chi connectivity index (χ0v) is 16.3. The van der Waals surface area contributed by atoms with E-state index in [4.69, 9.17) is 0 Å². The highest BCUT2D eigenvalue weighted by Crippen LogP contribution is 2.20. The number of carbonyl (C=O) groups is 2. The van der Waals surface area contributed by atoms with E-state index in [0.717, 1.165) is 16.8 Å². The fourth-order valence-corrected chi connectivity index (χ4v) is 2.77. The first-order chi connectivity index (χ1) is 12.3. The van der Waals surface area contributed by atoms with Gasteiger partial charge in [-0.2, -0.15) is 0 Å². The second kappa shape index (κ2) is 8.65. The van der Waals surface area contributed by atoms with E-state index in [1.165, 1.54) is 5.56 Å². The predicted molar refractivity (Wildman–Crippen MR) is 107 cm³/mol. The second-order valence-corrected chi connectivity index (χ2v) is 6.97. The highest BCUT2D eigenvalue weighted by atomic mass is 16.2. The lowest BCUT2D eigenvalue weighted by molar-refractivity contribution is -0.116. The molecule has 2 amide bonds. The number of carbonyl (C=O) groups excluding carboxylic acids is 2. The molecule has 4 heteroatoms. The number of benzene rings is 2. The van der Waals surface area contributed by atoms with E-state index < -0.39 is 0 Å². The van der Waals surface area contributed by atoms with Crippen LogP contribution in [0.1, 0.15) is 53.7 Å². The minimum Gasteiger partial charge on any atom is -0.350 e. The van der Waals surface area contributed by atoms with Crippen LogP contribution >= 0.6 is 0 Å². The molecule has 0 heterocycles. The van der Waals surface area contributed by atoms with Crippen molar-refractivity contribution in [3.63, 3.8) is 0 Å². The van der Waals surface area contributed by atoms with E-state index >= 15 is 0 Å². The molecular weight excluding hydrogens is 324 g/mol. The molecule has 0 spiro atoms. The Morgan fingerprint density at radius 1 is 1.00 bits per heavy atom. The van der Waals surface area contributed by atoms with Gasteiger partial charge in [0.1, 0.15) is 0 Å². The average molecular weight is 352 g/mol. The van der Waals surface area contributed by atoms with Crippen LogP contribution in [0.15, 0.2) is 42.5 Å². The summed E-state index contributed by atoms with van der Waals surface area (Å²) in [6.45, 7) is 10.7. The molecule has 138 valence electrons. The number of hydrogen-bond acceptors (Lipinski definition) is 2.